The molecule has 0 aliphatic heterocycles. The van der Waals surface area contributed by atoms with Crippen molar-refractivity contribution >= 4 is 0 Å². The Hall–Kier alpha value is -0.820. The van der Waals surface area contributed by atoms with Crippen LogP contribution in [0.15, 0.2) is 24.3 Å². The highest BCUT2D eigenvalue weighted by Crippen LogP contribution is 2.39. The molecule has 2 bridgehead atoms. The Morgan fingerprint density at radius 3 is 2.19 bits per heavy atom. The van der Waals surface area contributed by atoms with Gasteiger partial charge < -0.3 is 5.32 Å². The number of fused-ring (bicyclic) bond motifs is 3. The van der Waals surface area contributed by atoms with E-state index in [0.717, 1.165) is 23.8 Å². The molecule has 1 aromatic carbocycles. The van der Waals surface area contributed by atoms with E-state index in [1.807, 2.05) is 0 Å². The van der Waals surface area contributed by atoms with Gasteiger partial charge in [-0.2, -0.15) is 0 Å². The summed E-state index contributed by atoms with van der Waals surface area (Å²) >= 11 is 0. The number of hydrogen-bond acceptors (Lipinski definition) is 1. The van der Waals surface area contributed by atoms with E-state index in [-0.39, 0.29) is 0 Å². The topological polar surface area (TPSA) is 12.0 Å². The maximum Gasteiger partial charge on any atom is 0.0130 e. The fourth-order valence-corrected chi connectivity index (χ4v) is 4.43. The van der Waals surface area contributed by atoms with Gasteiger partial charge in [-0.1, -0.05) is 51.0 Å². The predicted octanol–water partition coefficient (Wildman–Crippen LogP) is 4.60. The third-order valence-electron chi connectivity index (χ3n) is 5.59. The van der Waals surface area contributed by atoms with E-state index in [1.54, 1.807) is 11.1 Å². The van der Waals surface area contributed by atoms with Crippen molar-refractivity contribution in [2.45, 2.75) is 64.8 Å². The SMILES string of the molecule is CC(C)CCCCNC1C2CCC1Cc1ccccc1C2. The predicted molar refractivity (Wildman–Crippen MR) is 90.5 cm³/mol. The average Bonchev–Trinajstić information content (AvgIpc) is 2.73. The maximum absolute atomic E-state index is 3.93. The molecule has 2 atom stereocenters. The van der Waals surface area contributed by atoms with Gasteiger partial charge in [0.1, 0.15) is 0 Å². The van der Waals surface area contributed by atoms with Crippen molar-refractivity contribution in [1.82, 2.24) is 5.32 Å². The number of benzene rings is 1. The number of hydrogen-bond donors (Lipinski definition) is 1. The normalized spacial score (nSPS) is 27.7. The highest BCUT2D eigenvalue weighted by Gasteiger charge is 2.38. The van der Waals surface area contributed by atoms with Crippen molar-refractivity contribution in [3.05, 3.63) is 35.4 Å². The Morgan fingerprint density at radius 1 is 1.00 bits per heavy atom. The molecule has 1 heteroatoms. The second kappa shape index (κ2) is 6.96. The molecule has 0 amide bonds. The second-order valence-electron chi connectivity index (χ2n) is 7.64. The van der Waals surface area contributed by atoms with Gasteiger partial charge in [-0.25, -0.2) is 0 Å². The van der Waals surface area contributed by atoms with Crippen LogP contribution in [-0.2, 0) is 12.8 Å². The van der Waals surface area contributed by atoms with Crippen LogP contribution >= 0.6 is 0 Å². The Bertz CT molecular complexity index is 418. The Kier molecular flexibility index (Phi) is 5.00. The maximum atomic E-state index is 3.93. The highest BCUT2D eigenvalue weighted by atomic mass is 14.9. The van der Waals surface area contributed by atoms with Crippen molar-refractivity contribution in [3.63, 3.8) is 0 Å². The van der Waals surface area contributed by atoms with Crippen LogP contribution in [0.1, 0.15) is 57.1 Å². The van der Waals surface area contributed by atoms with Gasteiger partial charge in [0.2, 0.25) is 0 Å². The Morgan fingerprint density at radius 2 is 1.62 bits per heavy atom. The van der Waals surface area contributed by atoms with Crippen LogP contribution in [0.3, 0.4) is 0 Å². The minimum absolute atomic E-state index is 0.774. The van der Waals surface area contributed by atoms with Crippen molar-refractivity contribution in [3.8, 4) is 0 Å². The molecule has 0 spiro atoms. The lowest BCUT2D eigenvalue weighted by molar-refractivity contribution is 0.338. The van der Waals surface area contributed by atoms with Gasteiger partial charge in [0.25, 0.3) is 0 Å². The Balaban J connectivity index is 1.54. The minimum Gasteiger partial charge on any atom is -0.313 e. The summed E-state index contributed by atoms with van der Waals surface area (Å²) in [5, 5.41) is 3.93. The number of unbranched alkanes of at least 4 members (excludes halogenated alkanes) is 1. The minimum atomic E-state index is 0.774. The van der Waals surface area contributed by atoms with Gasteiger partial charge in [0, 0.05) is 6.04 Å². The molecule has 2 aliphatic rings. The van der Waals surface area contributed by atoms with E-state index in [4.69, 9.17) is 0 Å². The summed E-state index contributed by atoms with van der Waals surface area (Å²) in [6.45, 7) is 5.88. The molecular weight excluding hydrogens is 254 g/mol. The summed E-state index contributed by atoms with van der Waals surface area (Å²) < 4.78 is 0. The standard InChI is InChI=1S/C20H31N/c1-15(2)7-5-6-12-21-20-18-10-11-19(20)14-17-9-4-3-8-16(17)13-18/h3-4,8-9,15,18-21H,5-7,10-14H2,1-2H3. The molecule has 1 saturated carbocycles. The summed E-state index contributed by atoms with van der Waals surface area (Å²) in [5.41, 5.74) is 3.24. The Labute approximate surface area is 130 Å². The molecule has 1 N–H and O–H groups in total. The smallest absolute Gasteiger partial charge is 0.0130 e. The van der Waals surface area contributed by atoms with E-state index in [9.17, 15) is 0 Å². The molecule has 0 saturated heterocycles. The molecule has 1 nitrogen and oxygen atoms in total. The molecule has 0 aromatic heterocycles. The van der Waals surface area contributed by atoms with Crippen LogP contribution < -0.4 is 5.32 Å². The summed E-state index contributed by atoms with van der Waals surface area (Å²) in [5.74, 6) is 2.61. The summed E-state index contributed by atoms with van der Waals surface area (Å²) in [6, 6.07) is 9.92. The van der Waals surface area contributed by atoms with Gasteiger partial charge in [0.05, 0.1) is 0 Å². The first-order valence-electron chi connectivity index (χ1n) is 9.04. The molecule has 21 heavy (non-hydrogen) atoms. The van der Waals surface area contributed by atoms with Crippen LogP contribution in [0.2, 0.25) is 0 Å². The fraction of sp³-hybridized carbons (Fsp3) is 0.700. The first-order chi connectivity index (χ1) is 10.2. The van der Waals surface area contributed by atoms with Crippen LogP contribution in [0.25, 0.3) is 0 Å². The van der Waals surface area contributed by atoms with E-state index in [2.05, 4.69) is 43.4 Å². The molecule has 1 aromatic rings. The molecular formula is C20H31N. The third kappa shape index (κ3) is 3.69. The lowest BCUT2D eigenvalue weighted by Gasteiger charge is -2.24. The zero-order valence-corrected chi connectivity index (χ0v) is 13.8. The van der Waals surface area contributed by atoms with E-state index in [1.165, 1.54) is 51.5 Å². The lowest BCUT2D eigenvalue weighted by Crippen LogP contribution is -2.38. The molecule has 3 rings (SSSR count). The molecule has 1 fully saturated rings. The number of rotatable bonds is 6. The van der Waals surface area contributed by atoms with Crippen molar-refractivity contribution in [2.75, 3.05) is 6.54 Å². The van der Waals surface area contributed by atoms with Crippen molar-refractivity contribution in [1.29, 1.82) is 0 Å². The van der Waals surface area contributed by atoms with Crippen LogP contribution in [-0.4, -0.2) is 12.6 Å². The van der Waals surface area contributed by atoms with Crippen LogP contribution in [0, 0.1) is 17.8 Å². The van der Waals surface area contributed by atoms with Crippen molar-refractivity contribution < 1.29 is 0 Å². The molecule has 0 heterocycles. The van der Waals surface area contributed by atoms with E-state index >= 15 is 0 Å². The van der Waals surface area contributed by atoms with Gasteiger partial charge in [0.15, 0.2) is 0 Å². The van der Waals surface area contributed by atoms with Crippen LogP contribution in [0.5, 0.6) is 0 Å². The first-order valence-corrected chi connectivity index (χ1v) is 9.04. The summed E-state index contributed by atoms with van der Waals surface area (Å²) in [7, 11) is 0. The fourth-order valence-electron chi connectivity index (χ4n) is 4.43. The molecule has 116 valence electrons. The van der Waals surface area contributed by atoms with E-state index in [0.29, 0.717) is 0 Å². The van der Waals surface area contributed by atoms with Crippen LogP contribution in [0.4, 0.5) is 0 Å². The summed E-state index contributed by atoms with van der Waals surface area (Å²) in [4.78, 5) is 0. The first kappa shape index (κ1) is 15.1. The second-order valence-corrected chi connectivity index (χ2v) is 7.64. The van der Waals surface area contributed by atoms with Crippen molar-refractivity contribution in [2.24, 2.45) is 17.8 Å². The third-order valence-corrected chi connectivity index (χ3v) is 5.59. The zero-order chi connectivity index (χ0) is 14.7. The van der Waals surface area contributed by atoms with Gasteiger partial charge in [-0.3, -0.25) is 0 Å². The lowest BCUT2D eigenvalue weighted by atomic mass is 9.94. The van der Waals surface area contributed by atoms with E-state index < -0.39 is 0 Å². The molecule has 2 unspecified atom stereocenters. The largest absolute Gasteiger partial charge is 0.313 e. The van der Waals surface area contributed by atoms with Gasteiger partial charge in [-0.15, -0.1) is 0 Å². The molecule has 2 aliphatic carbocycles. The zero-order valence-electron chi connectivity index (χ0n) is 13.8. The highest BCUT2D eigenvalue weighted by molar-refractivity contribution is 5.30. The monoisotopic (exact) mass is 285 g/mol. The number of nitrogens with one attached hydrogen (secondary N) is 1. The summed E-state index contributed by atoms with van der Waals surface area (Å²) in [6.07, 6.45) is 9.58. The van der Waals surface area contributed by atoms with Gasteiger partial charge in [-0.05, 0) is 67.5 Å². The van der Waals surface area contributed by atoms with Gasteiger partial charge >= 0.3 is 0 Å². The molecule has 0 radical (unpaired) electrons. The average molecular weight is 285 g/mol. The quantitative estimate of drug-likeness (QED) is 0.753.